The van der Waals surface area contributed by atoms with Gasteiger partial charge in [0.25, 0.3) is 0 Å². The molecular formula is C16H23BF2O4. The average Bonchev–Trinajstić information content (AvgIpc) is 3.21. The van der Waals surface area contributed by atoms with Crippen molar-refractivity contribution >= 4 is 12.6 Å². The Morgan fingerprint density at radius 2 is 1.74 bits per heavy atom. The lowest BCUT2D eigenvalue weighted by atomic mass is 9.76. The van der Waals surface area contributed by atoms with Gasteiger partial charge in [-0.1, -0.05) is 0 Å². The van der Waals surface area contributed by atoms with Crippen LogP contribution in [0.3, 0.4) is 0 Å². The van der Waals surface area contributed by atoms with Crippen LogP contribution in [-0.4, -0.2) is 35.1 Å². The SMILES string of the molecule is CC(C)(O)C(C)(C)OB(O)c1cc(F)c(F)cc1OCC1CC1. The Morgan fingerprint density at radius 1 is 1.17 bits per heavy atom. The van der Waals surface area contributed by atoms with Crippen LogP contribution in [0, 0.1) is 17.6 Å². The van der Waals surface area contributed by atoms with Crippen LogP contribution >= 0.6 is 0 Å². The van der Waals surface area contributed by atoms with E-state index >= 15 is 0 Å². The smallest absolute Gasteiger partial charge is 0.494 e. The summed E-state index contributed by atoms with van der Waals surface area (Å²) in [5.74, 6) is -1.67. The largest absolute Gasteiger partial charge is 0.495 e. The van der Waals surface area contributed by atoms with E-state index in [4.69, 9.17) is 9.39 Å². The van der Waals surface area contributed by atoms with Gasteiger partial charge in [0.05, 0.1) is 17.8 Å². The van der Waals surface area contributed by atoms with Crippen LogP contribution in [0.2, 0.25) is 0 Å². The van der Waals surface area contributed by atoms with Gasteiger partial charge in [-0.05, 0) is 52.5 Å². The molecule has 1 aromatic rings. The summed E-state index contributed by atoms with van der Waals surface area (Å²) >= 11 is 0. The van der Waals surface area contributed by atoms with Crippen molar-refractivity contribution < 1.29 is 28.3 Å². The Labute approximate surface area is 135 Å². The van der Waals surface area contributed by atoms with Gasteiger partial charge < -0.3 is 19.5 Å². The summed E-state index contributed by atoms with van der Waals surface area (Å²) in [5.41, 5.74) is -2.37. The molecule has 1 aliphatic carbocycles. The van der Waals surface area contributed by atoms with Crippen molar-refractivity contribution in [3.05, 3.63) is 23.8 Å². The van der Waals surface area contributed by atoms with Crippen molar-refractivity contribution in [2.45, 2.75) is 51.7 Å². The summed E-state index contributed by atoms with van der Waals surface area (Å²) in [6, 6.07) is 1.78. The van der Waals surface area contributed by atoms with E-state index < -0.39 is 30.0 Å². The monoisotopic (exact) mass is 328 g/mol. The summed E-state index contributed by atoms with van der Waals surface area (Å²) in [6.45, 7) is 6.66. The Morgan fingerprint density at radius 3 is 2.26 bits per heavy atom. The Hall–Kier alpha value is -1.18. The van der Waals surface area contributed by atoms with Crippen molar-refractivity contribution in [2.75, 3.05) is 6.61 Å². The standard InChI is InChI=1S/C16H23BF2O4/c1-15(2,20)16(3,4)23-17(21)11-7-12(18)13(19)8-14(11)22-9-10-5-6-10/h7-8,10,20-21H,5-6,9H2,1-4H3. The second-order valence-corrected chi connectivity index (χ2v) is 7.10. The number of hydrogen-bond donors (Lipinski definition) is 2. The molecule has 128 valence electrons. The summed E-state index contributed by atoms with van der Waals surface area (Å²) < 4.78 is 38.0. The molecule has 2 N–H and O–H groups in total. The summed E-state index contributed by atoms with van der Waals surface area (Å²) in [6.07, 6.45) is 2.09. The van der Waals surface area contributed by atoms with E-state index in [9.17, 15) is 18.9 Å². The Kier molecular flexibility index (Phi) is 5.04. The van der Waals surface area contributed by atoms with E-state index in [0.717, 1.165) is 25.0 Å². The zero-order chi connectivity index (χ0) is 17.4. The predicted molar refractivity (Wildman–Crippen MR) is 83.6 cm³/mol. The first kappa shape index (κ1) is 18.2. The quantitative estimate of drug-likeness (QED) is 0.752. The molecule has 0 heterocycles. The van der Waals surface area contributed by atoms with E-state index in [2.05, 4.69) is 0 Å². The third-order valence-electron chi connectivity index (χ3n) is 4.37. The van der Waals surface area contributed by atoms with E-state index in [1.807, 2.05) is 0 Å². The zero-order valence-electron chi connectivity index (χ0n) is 13.9. The first-order valence-corrected chi connectivity index (χ1v) is 7.71. The van der Waals surface area contributed by atoms with Gasteiger partial charge >= 0.3 is 7.12 Å². The summed E-state index contributed by atoms with van der Waals surface area (Å²) in [7, 11) is -1.55. The molecule has 1 saturated carbocycles. The number of halogens is 2. The minimum atomic E-state index is -1.55. The fourth-order valence-electron chi connectivity index (χ4n) is 1.84. The van der Waals surface area contributed by atoms with Crippen molar-refractivity contribution in [3.8, 4) is 5.75 Å². The van der Waals surface area contributed by atoms with E-state index in [-0.39, 0.29) is 11.2 Å². The normalized spacial score (nSPS) is 15.7. The zero-order valence-corrected chi connectivity index (χ0v) is 13.9. The molecule has 7 heteroatoms. The van der Waals surface area contributed by atoms with Gasteiger partial charge in [0, 0.05) is 11.5 Å². The van der Waals surface area contributed by atoms with Crippen LogP contribution < -0.4 is 10.2 Å². The molecule has 4 nitrogen and oxygen atoms in total. The molecule has 23 heavy (non-hydrogen) atoms. The lowest BCUT2D eigenvalue weighted by Gasteiger charge is -2.38. The first-order valence-electron chi connectivity index (χ1n) is 7.71. The third-order valence-corrected chi connectivity index (χ3v) is 4.37. The number of ether oxygens (including phenoxy) is 1. The number of rotatable bonds is 7. The molecule has 1 aromatic carbocycles. The molecule has 0 spiro atoms. The van der Waals surface area contributed by atoms with Crippen molar-refractivity contribution in [1.29, 1.82) is 0 Å². The molecule has 0 radical (unpaired) electrons. The van der Waals surface area contributed by atoms with Gasteiger partial charge in [0.15, 0.2) is 11.6 Å². The molecule has 0 saturated heterocycles. The fraction of sp³-hybridized carbons (Fsp3) is 0.625. The highest BCUT2D eigenvalue weighted by molar-refractivity contribution is 6.61. The molecule has 1 fully saturated rings. The van der Waals surface area contributed by atoms with Crippen LogP contribution in [0.25, 0.3) is 0 Å². The topological polar surface area (TPSA) is 58.9 Å². The first-order chi connectivity index (χ1) is 10.5. The van der Waals surface area contributed by atoms with Crippen molar-refractivity contribution in [2.24, 2.45) is 5.92 Å². The van der Waals surface area contributed by atoms with E-state index in [0.29, 0.717) is 12.5 Å². The fourth-order valence-corrected chi connectivity index (χ4v) is 1.84. The number of aliphatic hydroxyl groups is 1. The van der Waals surface area contributed by atoms with Crippen molar-refractivity contribution in [1.82, 2.24) is 0 Å². The molecule has 2 rings (SSSR count). The molecular weight excluding hydrogens is 305 g/mol. The second kappa shape index (κ2) is 6.38. The van der Waals surface area contributed by atoms with Gasteiger partial charge in [-0.15, -0.1) is 0 Å². The van der Waals surface area contributed by atoms with Crippen LogP contribution in [0.4, 0.5) is 8.78 Å². The highest BCUT2D eigenvalue weighted by Gasteiger charge is 2.40. The van der Waals surface area contributed by atoms with Gasteiger partial charge in [0.1, 0.15) is 5.75 Å². The molecule has 0 aliphatic heterocycles. The highest BCUT2D eigenvalue weighted by atomic mass is 19.2. The maximum absolute atomic E-state index is 13.6. The van der Waals surface area contributed by atoms with Crippen LogP contribution in [0.1, 0.15) is 40.5 Å². The number of benzene rings is 1. The maximum atomic E-state index is 13.6. The predicted octanol–water partition coefficient (Wildman–Crippen LogP) is 2.01. The van der Waals surface area contributed by atoms with E-state index in [1.165, 1.54) is 13.8 Å². The van der Waals surface area contributed by atoms with Gasteiger partial charge in [-0.3, -0.25) is 0 Å². The highest BCUT2D eigenvalue weighted by Crippen LogP contribution is 2.30. The minimum absolute atomic E-state index is 0.00174. The van der Waals surface area contributed by atoms with Gasteiger partial charge in [-0.2, -0.15) is 0 Å². The van der Waals surface area contributed by atoms with Gasteiger partial charge in [-0.25, -0.2) is 8.78 Å². The third kappa shape index (κ3) is 4.43. The summed E-state index contributed by atoms with van der Waals surface area (Å²) in [4.78, 5) is 0. The lowest BCUT2D eigenvalue weighted by molar-refractivity contribution is -0.0983. The van der Waals surface area contributed by atoms with E-state index in [1.54, 1.807) is 13.8 Å². The minimum Gasteiger partial charge on any atom is -0.494 e. The molecule has 0 aromatic heterocycles. The Bertz CT molecular complexity index is 568. The molecule has 0 unspecified atom stereocenters. The number of hydrogen-bond acceptors (Lipinski definition) is 4. The Balaban J connectivity index is 2.23. The van der Waals surface area contributed by atoms with Crippen LogP contribution in [-0.2, 0) is 4.65 Å². The summed E-state index contributed by atoms with van der Waals surface area (Å²) in [5, 5.41) is 20.4. The molecule has 0 amide bonds. The van der Waals surface area contributed by atoms with Gasteiger partial charge in [0.2, 0.25) is 0 Å². The molecule has 1 aliphatic rings. The second-order valence-electron chi connectivity index (χ2n) is 7.10. The van der Waals surface area contributed by atoms with Crippen LogP contribution in [0.5, 0.6) is 5.75 Å². The molecule has 0 atom stereocenters. The lowest BCUT2D eigenvalue weighted by Crippen LogP contribution is -2.53. The average molecular weight is 328 g/mol. The van der Waals surface area contributed by atoms with Crippen molar-refractivity contribution in [3.63, 3.8) is 0 Å². The molecule has 0 bridgehead atoms. The van der Waals surface area contributed by atoms with Crippen LogP contribution in [0.15, 0.2) is 12.1 Å². The maximum Gasteiger partial charge on any atom is 0.495 e.